The number of H-pyrrole nitrogens is 1. The molecule has 0 radical (unpaired) electrons. The van der Waals surface area contributed by atoms with Gasteiger partial charge in [-0.3, -0.25) is 9.59 Å². The Morgan fingerprint density at radius 1 is 1.07 bits per heavy atom. The van der Waals surface area contributed by atoms with Crippen LogP contribution >= 0.6 is 0 Å². The quantitative estimate of drug-likeness (QED) is 0.376. The topological polar surface area (TPSA) is 119 Å². The molecule has 3 heterocycles. The van der Waals surface area contributed by atoms with Gasteiger partial charge in [0, 0.05) is 18.2 Å². The predicted octanol–water partition coefficient (Wildman–Crippen LogP) is 6.29. The summed E-state index contributed by atoms with van der Waals surface area (Å²) in [5, 5.41) is 16.6. The predicted molar refractivity (Wildman–Crippen MR) is 176 cm³/mol. The highest BCUT2D eigenvalue weighted by Crippen LogP contribution is 2.50. The number of nitrogens with one attached hydrogen (secondary N) is 2. The molecule has 3 aliphatic rings. The molecule has 1 aliphatic carbocycles. The van der Waals surface area contributed by atoms with E-state index in [1.807, 2.05) is 24.3 Å². The van der Waals surface area contributed by atoms with Crippen molar-refractivity contribution in [2.75, 3.05) is 6.54 Å². The van der Waals surface area contributed by atoms with Gasteiger partial charge < -0.3 is 15.1 Å². The van der Waals surface area contributed by atoms with Gasteiger partial charge in [0.25, 0.3) is 11.8 Å². The molecule has 1 aromatic heterocycles. The summed E-state index contributed by atoms with van der Waals surface area (Å²) in [5.41, 5.74) is 1.39. The van der Waals surface area contributed by atoms with Crippen LogP contribution in [0.2, 0.25) is 0 Å². The lowest BCUT2D eigenvalue weighted by Crippen LogP contribution is -2.53. The van der Waals surface area contributed by atoms with E-state index in [4.69, 9.17) is 4.99 Å². The van der Waals surface area contributed by atoms with Crippen LogP contribution in [0, 0.1) is 22.7 Å². The van der Waals surface area contributed by atoms with Gasteiger partial charge in [0.2, 0.25) is 0 Å². The summed E-state index contributed by atoms with van der Waals surface area (Å²) in [4.78, 5) is 37.7. The molecule has 1 saturated heterocycles. The van der Waals surface area contributed by atoms with Gasteiger partial charge in [-0.25, -0.2) is 4.99 Å². The molecular weight excluding hydrogens is 564 g/mol. The van der Waals surface area contributed by atoms with Crippen molar-refractivity contribution in [1.29, 1.82) is 0 Å². The number of aliphatic imine (C=N–C) groups is 1. The maximum atomic E-state index is 14.8. The van der Waals surface area contributed by atoms with E-state index in [2.05, 4.69) is 91.1 Å². The van der Waals surface area contributed by atoms with Gasteiger partial charge >= 0.3 is 0 Å². The van der Waals surface area contributed by atoms with Crippen LogP contribution < -0.4 is 5.32 Å². The minimum Gasteiger partial charge on any atom is -0.349 e. The number of amides is 2. The number of piperidine rings is 1. The maximum absolute atomic E-state index is 14.8. The van der Waals surface area contributed by atoms with Gasteiger partial charge in [-0.2, -0.15) is 5.21 Å². The summed E-state index contributed by atoms with van der Waals surface area (Å²) in [7, 11) is 0. The SMILES string of the molecule is CC1CCCN(C2=NC3(CCC(C(C)(C)C)CC3)N([C@H](CCC(C)(C)C)c3ccc(C(=O)NCc4nn[nH]n4)cc3)C2=O)C1C. The second kappa shape index (κ2) is 12.8. The van der Waals surface area contributed by atoms with Crippen LogP contribution in [0.25, 0.3) is 0 Å². The van der Waals surface area contributed by atoms with Crippen LogP contribution in [0.4, 0.5) is 0 Å². The summed E-state index contributed by atoms with van der Waals surface area (Å²) in [5.74, 6) is 2.09. The summed E-state index contributed by atoms with van der Waals surface area (Å²) in [6, 6.07) is 7.93. The summed E-state index contributed by atoms with van der Waals surface area (Å²) >= 11 is 0. The zero-order valence-electron chi connectivity index (χ0n) is 28.7. The normalized spacial score (nSPS) is 26.7. The number of hydrogen-bond donors (Lipinski definition) is 2. The molecule has 3 atom stereocenters. The Balaban J connectivity index is 1.48. The van der Waals surface area contributed by atoms with Crippen molar-refractivity contribution in [1.82, 2.24) is 35.7 Å². The monoisotopic (exact) mass is 618 g/mol. The number of amidine groups is 1. The second-order valence-electron chi connectivity index (χ2n) is 16.0. The first-order valence-electron chi connectivity index (χ1n) is 17.0. The Labute approximate surface area is 269 Å². The van der Waals surface area contributed by atoms with E-state index in [0.29, 0.717) is 29.1 Å². The molecule has 2 aromatic rings. The third-order valence-electron chi connectivity index (χ3n) is 10.7. The second-order valence-corrected chi connectivity index (χ2v) is 16.0. The highest BCUT2D eigenvalue weighted by Gasteiger charge is 2.54. The Bertz CT molecular complexity index is 1350. The number of aromatic amines is 1. The molecule has 45 heavy (non-hydrogen) atoms. The Hall–Kier alpha value is -3.30. The zero-order chi connectivity index (χ0) is 32.6. The maximum Gasteiger partial charge on any atom is 0.291 e. The Morgan fingerprint density at radius 3 is 2.36 bits per heavy atom. The molecule has 5 rings (SSSR count). The van der Waals surface area contributed by atoms with Crippen LogP contribution in [0.3, 0.4) is 0 Å². The number of carbonyl (C=O) groups is 2. The number of nitrogens with zero attached hydrogens (tertiary/aromatic N) is 6. The third kappa shape index (κ3) is 7.25. The highest BCUT2D eigenvalue weighted by atomic mass is 16.2. The molecule has 2 fully saturated rings. The van der Waals surface area contributed by atoms with E-state index in [9.17, 15) is 9.59 Å². The van der Waals surface area contributed by atoms with E-state index in [1.165, 1.54) is 6.42 Å². The minimum atomic E-state index is -0.544. The van der Waals surface area contributed by atoms with Crippen molar-refractivity contribution >= 4 is 17.6 Å². The first kappa shape index (κ1) is 33.1. The Kier molecular flexibility index (Phi) is 9.43. The molecule has 1 aromatic carbocycles. The fourth-order valence-corrected chi connectivity index (χ4v) is 7.54. The average Bonchev–Trinajstić information content (AvgIpc) is 3.60. The number of aromatic nitrogens is 4. The standard InChI is InChI=1S/C35H54N8O2/c1-23-10-9-21-42(24(23)2)30-32(45)43(35(37-30)19-15-27(16-20-35)34(6,7)8)28(17-18-33(3,4)5)25-11-13-26(14-12-25)31(44)36-22-29-38-40-41-39-29/h11-14,23-24,27-28H,9-10,15-22H2,1-8H3,(H,36,44)(H,38,39,40,41)/t23?,24?,27?,28-,35?/m1/s1. The first-order chi connectivity index (χ1) is 21.2. The fourth-order valence-electron chi connectivity index (χ4n) is 7.54. The Morgan fingerprint density at radius 2 is 1.76 bits per heavy atom. The lowest BCUT2D eigenvalue weighted by atomic mass is 9.69. The summed E-state index contributed by atoms with van der Waals surface area (Å²) in [6.07, 6.45) is 7.93. The minimum absolute atomic E-state index is 0.0750. The van der Waals surface area contributed by atoms with Crippen LogP contribution in [-0.2, 0) is 11.3 Å². The molecule has 2 aliphatic heterocycles. The van der Waals surface area contributed by atoms with Crippen molar-refractivity contribution in [3.05, 3.63) is 41.2 Å². The molecule has 10 nitrogen and oxygen atoms in total. The van der Waals surface area contributed by atoms with Crippen molar-refractivity contribution in [2.45, 2.75) is 131 Å². The van der Waals surface area contributed by atoms with Gasteiger partial charge in [0.1, 0.15) is 5.66 Å². The van der Waals surface area contributed by atoms with E-state index < -0.39 is 5.66 Å². The molecule has 1 spiro atoms. The largest absolute Gasteiger partial charge is 0.349 e. The van der Waals surface area contributed by atoms with E-state index in [1.54, 1.807) is 0 Å². The molecule has 2 amide bonds. The van der Waals surface area contributed by atoms with Gasteiger partial charge in [0.15, 0.2) is 11.7 Å². The lowest BCUT2D eigenvalue weighted by molar-refractivity contribution is -0.134. The molecule has 0 bridgehead atoms. The van der Waals surface area contributed by atoms with Gasteiger partial charge in [-0.1, -0.05) is 65.8 Å². The van der Waals surface area contributed by atoms with Crippen LogP contribution in [0.5, 0.6) is 0 Å². The number of hydrogen-bond acceptors (Lipinski definition) is 7. The van der Waals surface area contributed by atoms with E-state index in [0.717, 1.165) is 57.1 Å². The zero-order valence-corrected chi connectivity index (χ0v) is 28.7. The number of rotatable bonds is 7. The summed E-state index contributed by atoms with van der Waals surface area (Å²) < 4.78 is 0. The number of likely N-dealkylation sites (tertiary alicyclic amines) is 1. The molecule has 1 saturated carbocycles. The number of tetrazole rings is 1. The van der Waals surface area contributed by atoms with Gasteiger partial charge in [-0.15, -0.1) is 10.2 Å². The average molecular weight is 619 g/mol. The van der Waals surface area contributed by atoms with Gasteiger partial charge in [0.05, 0.1) is 12.6 Å². The molecular formula is C35H54N8O2. The van der Waals surface area contributed by atoms with Crippen molar-refractivity contribution < 1.29 is 9.59 Å². The number of benzene rings is 1. The third-order valence-corrected chi connectivity index (χ3v) is 10.7. The summed E-state index contributed by atoms with van der Waals surface area (Å²) in [6.45, 7) is 19.4. The van der Waals surface area contributed by atoms with Crippen LogP contribution in [0.15, 0.2) is 29.3 Å². The van der Waals surface area contributed by atoms with E-state index in [-0.39, 0.29) is 41.3 Å². The lowest BCUT2D eigenvalue weighted by Gasteiger charge is -2.47. The molecule has 2 N–H and O–H groups in total. The van der Waals surface area contributed by atoms with Crippen LogP contribution in [-0.4, -0.2) is 66.3 Å². The smallest absolute Gasteiger partial charge is 0.291 e. The van der Waals surface area contributed by atoms with Crippen molar-refractivity contribution in [2.24, 2.45) is 27.7 Å². The van der Waals surface area contributed by atoms with Crippen LogP contribution in [0.1, 0.15) is 135 Å². The number of carbonyl (C=O) groups excluding carboxylic acids is 2. The highest BCUT2D eigenvalue weighted by molar-refractivity contribution is 6.39. The van der Waals surface area contributed by atoms with Gasteiger partial charge in [-0.05, 0) is 98.7 Å². The van der Waals surface area contributed by atoms with Crippen molar-refractivity contribution in [3.63, 3.8) is 0 Å². The van der Waals surface area contributed by atoms with Crippen molar-refractivity contribution in [3.8, 4) is 0 Å². The molecule has 10 heteroatoms. The molecule has 246 valence electrons. The fraction of sp³-hybridized carbons (Fsp3) is 0.714. The molecule has 2 unspecified atom stereocenters. The van der Waals surface area contributed by atoms with E-state index >= 15 is 0 Å². The first-order valence-corrected chi connectivity index (χ1v) is 17.0.